The van der Waals surface area contributed by atoms with Crippen molar-refractivity contribution in [2.45, 2.75) is 13.8 Å². The normalized spacial score (nSPS) is 8.58. The monoisotopic (exact) mass is 163 g/mol. The second kappa shape index (κ2) is 4.60. The molecule has 1 heterocycles. The number of aromatic nitrogens is 1. The van der Waals surface area contributed by atoms with Gasteiger partial charge in [0.2, 0.25) is 0 Å². The molecule has 1 nitrogen and oxygen atoms in total. The SMILES string of the molecule is C=C.C=Cc1c(C)cc(C)n1C. The zero-order valence-corrected chi connectivity index (χ0v) is 8.22. The molecule has 0 bridgehead atoms. The largest absolute Gasteiger partial charge is 0.348 e. The summed E-state index contributed by atoms with van der Waals surface area (Å²) >= 11 is 0. The van der Waals surface area contributed by atoms with Crippen LogP contribution in [0, 0.1) is 13.8 Å². The van der Waals surface area contributed by atoms with E-state index < -0.39 is 0 Å². The highest BCUT2D eigenvalue weighted by atomic mass is 14.9. The van der Waals surface area contributed by atoms with Crippen molar-refractivity contribution in [2.24, 2.45) is 7.05 Å². The molecule has 1 rings (SSSR count). The minimum absolute atomic E-state index is 1.22. The summed E-state index contributed by atoms with van der Waals surface area (Å²) in [5.74, 6) is 0. The van der Waals surface area contributed by atoms with E-state index in [0.29, 0.717) is 0 Å². The van der Waals surface area contributed by atoms with Crippen LogP contribution in [-0.2, 0) is 7.05 Å². The fourth-order valence-corrected chi connectivity index (χ4v) is 1.24. The summed E-state index contributed by atoms with van der Waals surface area (Å²) in [6, 6.07) is 2.16. The molecule has 1 aromatic rings. The molecule has 0 aliphatic carbocycles. The molecule has 0 unspecified atom stereocenters. The third kappa shape index (κ3) is 1.88. The Kier molecular flexibility index (Phi) is 4.12. The topological polar surface area (TPSA) is 4.93 Å². The predicted molar refractivity (Wildman–Crippen MR) is 56.2 cm³/mol. The van der Waals surface area contributed by atoms with Gasteiger partial charge >= 0.3 is 0 Å². The summed E-state index contributed by atoms with van der Waals surface area (Å²) in [6.45, 7) is 13.9. The van der Waals surface area contributed by atoms with E-state index in [1.165, 1.54) is 17.0 Å². The average molecular weight is 163 g/mol. The van der Waals surface area contributed by atoms with E-state index in [0.717, 1.165) is 0 Å². The lowest BCUT2D eigenvalue weighted by Gasteiger charge is -1.99. The first-order valence-corrected chi connectivity index (χ1v) is 3.92. The van der Waals surface area contributed by atoms with Gasteiger partial charge in [-0.1, -0.05) is 6.58 Å². The predicted octanol–water partition coefficient (Wildman–Crippen LogP) is 3.09. The first kappa shape index (κ1) is 10.8. The van der Waals surface area contributed by atoms with Crippen molar-refractivity contribution < 1.29 is 0 Å². The lowest BCUT2D eigenvalue weighted by molar-refractivity contribution is 0.869. The van der Waals surface area contributed by atoms with E-state index >= 15 is 0 Å². The summed E-state index contributed by atoms with van der Waals surface area (Å²) in [7, 11) is 2.05. The second-order valence-corrected chi connectivity index (χ2v) is 2.62. The Morgan fingerprint density at radius 1 is 1.33 bits per heavy atom. The Bertz CT molecular complexity index is 269. The molecule has 1 heteroatoms. The summed E-state index contributed by atoms with van der Waals surface area (Å²) in [5, 5.41) is 0. The van der Waals surface area contributed by atoms with Crippen LogP contribution in [0.5, 0.6) is 0 Å². The molecule has 0 N–H and O–H groups in total. The van der Waals surface area contributed by atoms with Gasteiger partial charge in [0.25, 0.3) is 0 Å². The van der Waals surface area contributed by atoms with Crippen LogP contribution in [0.1, 0.15) is 17.0 Å². The minimum Gasteiger partial charge on any atom is -0.348 e. The first-order valence-electron chi connectivity index (χ1n) is 3.92. The lowest BCUT2D eigenvalue weighted by Crippen LogP contribution is -1.92. The summed E-state index contributed by atoms with van der Waals surface area (Å²) in [4.78, 5) is 0. The molecule has 0 amide bonds. The molecule has 0 saturated carbocycles. The van der Waals surface area contributed by atoms with Gasteiger partial charge in [-0.15, -0.1) is 13.2 Å². The van der Waals surface area contributed by atoms with E-state index in [1.54, 1.807) is 0 Å². The van der Waals surface area contributed by atoms with Crippen LogP contribution in [0.4, 0.5) is 0 Å². The van der Waals surface area contributed by atoms with Gasteiger partial charge in [-0.3, -0.25) is 0 Å². The van der Waals surface area contributed by atoms with Crippen LogP contribution in [0.15, 0.2) is 25.8 Å². The number of nitrogens with zero attached hydrogens (tertiary/aromatic N) is 1. The Morgan fingerprint density at radius 2 is 1.83 bits per heavy atom. The van der Waals surface area contributed by atoms with Crippen LogP contribution in [0.2, 0.25) is 0 Å². The highest BCUT2D eigenvalue weighted by Crippen LogP contribution is 2.13. The molecule has 0 aromatic carbocycles. The zero-order valence-electron chi connectivity index (χ0n) is 8.22. The van der Waals surface area contributed by atoms with Gasteiger partial charge in [0.1, 0.15) is 0 Å². The number of hydrogen-bond acceptors (Lipinski definition) is 0. The van der Waals surface area contributed by atoms with E-state index in [4.69, 9.17) is 0 Å². The molecule has 0 fully saturated rings. The van der Waals surface area contributed by atoms with Crippen LogP contribution >= 0.6 is 0 Å². The van der Waals surface area contributed by atoms with Gasteiger partial charge in [-0.25, -0.2) is 0 Å². The summed E-state index contributed by atoms with van der Waals surface area (Å²) in [5.41, 5.74) is 3.81. The van der Waals surface area contributed by atoms with Crippen molar-refractivity contribution in [3.8, 4) is 0 Å². The van der Waals surface area contributed by atoms with Crippen molar-refractivity contribution in [3.05, 3.63) is 42.8 Å². The first-order chi connectivity index (χ1) is 5.66. The third-order valence-electron chi connectivity index (χ3n) is 1.91. The van der Waals surface area contributed by atoms with E-state index in [2.05, 4.69) is 51.3 Å². The van der Waals surface area contributed by atoms with Crippen molar-refractivity contribution in [2.75, 3.05) is 0 Å². The molecule has 66 valence electrons. The van der Waals surface area contributed by atoms with Crippen molar-refractivity contribution >= 4 is 6.08 Å². The lowest BCUT2D eigenvalue weighted by atomic mass is 10.2. The maximum Gasteiger partial charge on any atom is 0.0429 e. The van der Waals surface area contributed by atoms with Gasteiger partial charge in [0.15, 0.2) is 0 Å². The molecule has 0 saturated heterocycles. The van der Waals surface area contributed by atoms with Crippen LogP contribution in [0.25, 0.3) is 6.08 Å². The Morgan fingerprint density at radius 3 is 2.00 bits per heavy atom. The van der Waals surface area contributed by atoms with Gasteiger partial charge < -0.3 is 4.57 Å². The zero-order chi connectivity index (χ0) is 9.72. The fourth-order valence-electron chi connectivity index (χ4n) is 1.24. The maximum absolute atomic E-state index is 3.75. The molecule has 12 heavy (non-hydrogen) atoms. The van der Waals surface area contributed by atoms with E-state index in [9.17, 15) is 0 Å². The van der Waals surface area contributed by atoms with E-state index in [1.807, 2.05) is 6.08 Å². The smallest absolute Gasteiger partial charge is 0.0429 e. The molecule has 0 spiro atoms. The highest BCUT2D eigenvalue weighted by Gasteiger charge is 2.00. The summed E-state index contributed by atoms with van der Waals surface area (Å²) in [6.07, 6.45) is 1.89. The molecule has 0 aliphatic rings. The minimum atomic E-state index is 1.22. The Balaban J connectivity index is 0.000000561. The van der Waals surface area contributed by atoms with Gasteiger partial charge in [0, 0.05) is 18.4 Å². The number of hydrogen-bond donors (Lipinski definition) is 0. The molecular weight excluding hydrogens is 146 g/mol. The summed E-state index contributed by atoms with van der Waals surface area (Å²) < 4.78 is 2.14. The standard InChI is InChI=1S/C9H13N.C2H4/c1-5-9-7(2)6-8(3)10(9)4;1-2/h5-6H,1H2,2-4H3;1-2H2. The molecule has 0 aliphatic heterocycles. The fraction of sp³-hybridized carbons (Fsp3) is 0.273. The number of rotatable bonds is 1. The van der Waals surface area contributed by atoms with Crippen molar-refractivity contribution in [1.29, 1.82) is 0 Å². The van der Waals surface area contributed by atoms with Crippen molar-refractivity contribution in [3.63, 3.8) is 0 Å². The van der Waals surface area contributed by atoms with Gasteiger partial charge in [-0.2, -0.15) is 0 Å². The van der Waals surface area contributed by atoms with Crippen LogP contribution in [-0.4, -0.2) is 4.57 Å². The van der Waals surface area contributed by atoms with Gasteiger partial charge in [0.05, 0.1) is 0 Å². The Labute approximate surface area is 75.0 Å². The molecular formula is C11H17N. The van der Waals surface area contributed by atoms with E-state index in [-0.39, 0.29) is 0 Å². The highest BCUT2D eigenvalue weighted by molar-refractivity contribution is 5.49. The van der Waals surface area contributed by atoms with Crippen LogP contribution < -0.4 is 0 Å². The third-order valence-corrected chi connectivity index (χ3v) is 1.91. The molecule has 1 aromatic heterocycles. The molecule has 0 radical (unpaired) electrons. The van der Waals surface area contributed by atoms with Gasteiger partial charge in [-0.05, 0) is 31.6 Å². The Hall–Kier alpha value is -1.24. The number of aryl methyl sites for hydroxylation is 2. The average Bonchev–Trinajstić information content (AvgIpc) is 2.31. The second-order valence-electron chi connectivity index (χ2n) is 2.62. The van der Waals surface area contributed by atoms with Crippen molar-refractivity contribution in [1.82, 2.24) is 4.57 Å². The maximum atomic E-state index is 3.75. The quantitative estimate of drug-likeness (QED) is 0.561. The van der Waals surface area contributed by atoms with Crippen LogP contribution in [0.3, 0.4) is 0 Å². The molecule has 0 atom stereocenters.